The minimum Gasteiger partial charge on any atom is -0.380 e. The monoisotopic (exact) mass is 310 g/mol. The molecule has 2 aromatic carbocycles. The minimum absolute atomic E-state index is 0.00625. The molecule has 0 aliphatic heterocycles. The van der Waals surface area contributed by atoms with Crippen LogP contribution in [0.2, 0.25) is 0 Å². The topological polar surface area (TPSA) is 55.2 Å². The Bertz CT molecular complexity index is 680. The van der Waals surface area contributed by atoms with Gasteiger partial charge in [0.15, 0.2) is 0 Å². The van der Waals surface area contributed by atoms with E-state index in [1.54, 1.807) is 12.1 Å². The number of para-hydroxylation sites is 1. The van der Waals surface area contributed by atoms with Gasteiger partial charge >= 0.3 is 5.69 Å². The van der Waals surface area contributed by atoms with Crippen LogP contribution in [0, 0.1) is 21.7 Å². The number of hydrogen-bond acceptors (Lipinski definition) is 4. The van der Waals surface area contributed by atoms with Gasteiger partial charge in [0, 0.05) is 6.54 Å². The molecule has 0 saturated heterocycles. The van der Waals surface area contributed by atoms with E-state index in [1.165, 1.54) is 6.07 Å². The number of hydrogen-bond donors (Lipinski definition) is 1. The summed E-state index contributed by atoms with van der Waals surface area (Å²) in [7, 11) is 0. The normalized spacial score (nSPS) is 10.4. The van der Waals surface area contributed by atoms with Gasteiger partial charge in [-0.05, 0) is 37.3 Å². The fourth-order valence-corrected chi connectivity index (χ4v) is 2.80. The van der Waals surface area contributed by atoms with Crippen LogP contribution in [-0.4, -0.2) is 11.5 Å². The summed E-state index contributed by atoms with van der Waals surface area (Å²) in [5, 5.41) is 14.1. The molecule has 0 spiro atoms. The van der Waals surface area contributed by atoms with E-state index >= 15 is 0 Å². The zero-order valence-corrected chi connectivity index (χ0v) is 11.9. The smallest absolute Gasteiger partial charge is 0.306 e. The first-order valence-electron chi connectivity index (χ1n) is 6.17. The molecule has 0 amide bonds. The van der Waals surface area contributed by atoms with Gasteiger partial charge in [-0.2, -0.15) is 0 Å². The molecule has 0 aliphatic rings. The van der Waals surface area contributed by atoms with Gasteiger partial charge in [0.1, 0.15) is 17.3 Å². The third-order valence-electron chi connectivity index (χ3n) is 2.66. The van der Waals surface area contributed by atoms with Crippen LogP contribution in [0.25, 0.3) is 0 Å². The highest BCUT2D eigenvalue weighted by Gasteiger charge is 2.21. The van der Waals surface area contributed by atoms with Gasteiger partial charge in [0.2, 0.25) is 0 Å². The van der Waals surface area contributed by atoms with Crippen LogP contribution in [0.3, 0.4) is 0 Å². The maximum atomic E-state index is 13.7. The molecule has 0 fully saturated rings. The Kier molecular flexibility index (Phi) is 4.74. The second kappa shape index (κ2) is 6.53. The Balaban J connectivity index is 2.46. The second-order valence-corrected chi connectivity index (χ2v) is 5.20. The van der Waals surface area contributed by atoms with Crippen molar-refractivity contribution in [1.82, 2.24) is 0 Å². The lowest BCUT2D eigenvalue weighted by atomic mass is 10.2. The molecule has 0 saturated carbocycles. The van der Waals surface area contributed by atoms with Crippen molar-refractivity contribution >= 4 is 23.1 Å². The van der Waals surface area contributed by atoms with Crippen LogP contribution in [-0.2, 0) is 0 Å². The summed E-state index contributed by atoms with van der Waals surface area (Å²) in [6.45, 7) is 2.33. The lowest BCUT2D eigenvalue weighted by Gasteiger charge is -2.09. The van der Waals surface area contributed by atoms with Gasteiger partial charge in [0.25, 0.3) is 0 Å². The molecule has 7 heteroatoms. The van der Waals surface area contributed by atoms with Crippen molar-refractivity contribution in [2.75, 3.05) is 11.9 Å². The quantitative estimate of drug-likeness (QED) is 0.654. The lowest BCUT2D eigenvalue weighted by Crippen LogP contribution is -2.02. The van der Waals surface area contributed by atoms with Crippen LogP contribution in [0.4, 0.5) is 20.2 Å². The van der Waals surface area contributed by atoms with Crippen molar-refractivity contribution in [2.45, 2.75) is 16.7 Å². The van der Waals surface area contributed by atoms with Gasteiger partial charge in [-0.25, -0.2) is 8.78 Å². The van der Waals surface area contributed by atoms with E-state index in [0.717, 1.165) is 30.0 Å². The lowest BCUT2D eigenvalue weighted by molar-refractivity contribution is -0.386. The van der Waals surface area contributed by atoms with Crippen molar-refractivity contribution in [3.63, 3.8) is 0 Å². The highest BCUT2D eigenvalue weighted by molar-refractivity contribution is 7.99. The van der Waals surface area contributed by atoms with E-state index in [9.17, 15) is 18.9 Å². The summed E-state index contributed by atoms with van der Waals surface area (Å²) >= 11 is 0.827. The fraction of sp³-hybridized carbons (Fsp3) is 0.143. The number of anilines is 1. The summed E-state index contributed by atoms with van der Waals surface area (Å²) in [6.07, 6.45) is 0. The minimum atomic E-state index is -0.621. The van der Waals surface area contributed by atoms with Crippen molar-refractivity contribution in [2.24, 2.45) is 0 Å². The summed E-state index contributed by atoms with van der Waals surface area (Å²) < 4.78 is 26.8. The van der Waals surface area contributed by atoms with E-state index in [0.29, 0.717) is 12.2 Å². The van der Waals surface area contributed by atoms with E-state index in [2.05, 4.69) is 5.32 Å². The molecule has 0 heterocycles. The van der Waals surface area contributed by atoms with E-state index in [4.69, 9.17) is 0 Å². The van der Waals surface area contributed by atoms with Gasteiger partial charge in [-0.1, -0.05) is 17.8 Å². The molecular weight excluding hydrogens is 298 g/mol. The van der Waals surface area contributed by atoms with Gasteiger partial charge < -0.3 is 5.32 Å². The third kappa shape index (κ3) is 3.49. The fourth-order valence-electron chi connectivity index (χ4n) is 1.80. The largest absolute Gasteiger partial charge is 0.380 e. The molecule has 0 aliphatic carbocycles. The standard InChI is InChI=1S/C14H12F2N2O2S/c1-2-17-11-4-3-5-12(14(11)18(19)20)21-13-8-9(15)6-7-10(13)16/h3-8,17H,2H2,1H3. The van der Waals surface area contributed by atoms with Crippen molar-refractivity contribution < 1.29 is 13.7 Å². The van der Waals surface area contributed by atoms with Crippen molar-refractivity contribution in [1.29, 1.82) is 0 Å². The number of halogens is 2. The maximum absolute atomic E-state index is 13.7. The number of nitro groups is 1. The van der Waals surface area contributed by atoms with Crippen molar-refractivity contribution in [3.05, 3.63) is 58.1 Å². The SMILES string of the molecule is CCNc1cccc(Sc2cc(F)ccc2F)c1[N+](=O)[O-]. The average Bonchev–Trinajstić information content (AvgIpc) is 2.43. The Morgan fingerprint density at radius 1 is 1.24 bits per heavy atom. The Morgan fingerprint density at radius 2 is 2.00 bits per heavy atom. The third-order valence-corrected chi connectivity index (χ3v) is 3.74. The summed E-state index contributed by atoms with van der Waals surface area (Å²) in [5.41, 5.74) is 0.206. The molecule has 4 nitrogen and oxygen atoms in total. The zero-order valence-electron chi connectivity index (χ0n) is 11.1. The van der Waals surface area contributed by atoms with Crippen LogP contribution in [0.5, 0.6) is 0 Å². The number of nitrogens with zero attached hydrogens (tertiary/aromatic N) is 1. The molecular formula is C14H12F2N2O2S. The van der Waals surface area contributed by atoms with E-state index < -0.39 is 16.6 Å². The Labute approximate surface area is 124 Å². The first kappa shape index (κ1) is 15.2. The highest BCUT2D eigenvalue weighted by Crippen LogP contribution is 2.40. The average molecular weight is 310 g/mol. The Morgan fingerprint density at radius 3 is 2.67 bits per heavy atom. The van der Waals surface area contributed by atoms with Crippen LogP contribution >= 0.6 is 11.8 Å². The van der Waals surface area contributed by atoms with Crippen LogP contribution in [0.1, 0.15) is 6.92 Å². The molecule has 110 valence electrons. The predicted molar refractivity (Wildman–Crippen MR) is 77.7 cm³/mol. The first-order chi connectivity index (χ1) is 10.0. The van der Waals surface area contributed by atoms with Gasteiger partial charge in [-0.3, -0.25) is 10.1 Å². The molecule has 0 unspecified atom stereocenters. The van der Waals surface area contributed by atoms with Gasteiger partial charge in [-0.15, -0.1) is 0 Å². The van der Waals surface area contributed by atoms with Crippen LogP contribution < -0.4 is 5.32 Å². The summed E-state index contributed by atoms with van der Waals surface area (Å²) in [6, 6.07) is 7.73. The molecule has 2 rings (SSSR count). The molecule has 0 aromatic heterocycles. The van der Waals surface area contributed by atoms with Gasteiger partial charge in [0.05, 0.1) is 14.7 Å². The number of rotatable bonds is 5. The molecule has 0 bridgehead atoms. The zero-order chi connectivity index (χ0) is 15.4. The molecule has 0 atom stereocenters. The summed E-state index contributed by atoms with van der Waals surface area (Å²) in [4.78, 5) is 11.0. The Hall–Kier alpha value is -2.15. The number of benzene rings is 2. The number of nitro benzene ring substituents is 1. The van der Waals surface area contributed by atoms with E-state index in [-0.39, 0.29) is 15.5 Å². The molecule has 1 N–H and O–H groups in total. The molecule has 2 aromatic rings. The number of nitrogens with one attached hydrogen (secondary N) is 1. The summed E-state index contributed by atoms with van der Waals surface area (Å²) in [5.74, 6) is -1.21. The first-order valence-corrected chi connectivity index (χ1v) is 6.98. The predicted octanol–water partition coefficient (Wildman–Crippen LogP) is 4.46. The second-order valence-electron chi connectivity index (χ2n) is 4.12. The highest BCUT2D eigenvalue weighted by atomic mass is 32.2. The molecule has 0 radical (unpaired) electrons. The van der Waals surface area contributed by atoms with Crippen molar-refractivity contribution in [3.8, 4) is 0 Å². The van der Waals surface area contributed by atoms with E-state index in [1.807, 2.05) is 6.92 Å². The molecule has 21 heavy (non-hydrogen) atoms. The maximum Gasteiger partial charge on any atom is 0.306 e. The van der Waals surface area contributed by atoms with Crippen LogP contribution in [0.15, 0.2) is 46.2 Å².